The van der Waals surface area contributed by atoms with Crippen molar-refractivity contribution < 1.29 is 237 Å². The molecule has 0 atom stereocenters. The van der Waals surface area contributed by atoms with E-state index in [0.717, 1.165) is 0 Å². The first-order chi connectivity index (χ1) is 44.9. The zero-order valence-corrected chi connectivity index (χ0v) is 48.0. The van der Waals surface area contributed by atoms with E-state index in [9.17, 15) is 224 Å². The Kier molecular flexibility index (Phi) is 23.6. The van der Waals surface area contributed by atoms with Crippen molar-refractivity contribution in [2.45, 2.75) is 181 Å². The number of hydrogen-bond donors (Lipinski definition) is 0. The lowest BCUT2D eigenvalue weighted by Gasteiger charge is -2.42. The molecule has 0 unspecified atom stereocenters. The van der Waals surface area contributed by atoms with Gasteiger partial charge < -0.3 is 13.6 Å². The molecule has 0 amide bonds. The van der Waals surface area contributed by atoms with E-state index in [1.165, 1.54) is 0 Å². The van der Waals surface area contributed by atoms with Crippen LogP contribution in [0.2, 0.25) is 0 Å². The predicted octanol–water partition coefficient (Wildman–Crippen LogP) is 23.3. The molecule has 0 saturated heterocycles. The summed E-state index contributed by atoms with van der Waals surface area (Å²) in [5, 5.41) is 0. The minimum Gasteiger partial charge on any atom is -0.409 e. The van der Waals surface area contributed by atoms with Crippen LogP contribution in [0, 0.1) is 0 Å². The minimum atomic E-state index is -9.02. The number of rotatable bonds is 33. The molecule has 0 saturated carbocycles. The molecular weight excluding hydrogens is 1620 g/mol. The van der Waals surface area contributed by atoms with Crippen molar-refractivity contribution in [3.63, 3.8) is 0 Å². The van der Waals surface area contributed by atoms with Crippen LogP contribution >= 0.6 is 8.60 Å². The molecule has 3 aromatic carbocycles. The highest BCUT2D eigenvalue weighted by molar-refractivity contribution is 7.43. The second-order valence-electron chi connectivity index (χ2n) is 20.9. The Morgan fingerprint density at radius 2 is 0.301 bits per heavy atom. The summed E-state index contributed by atoms with van der Waals surface area (Å²) < 4.78 is 717. The highest BCUT2D eigenvalue weighted by atomic mass is 31.2. The van der Waals surface area contributed by atoms with Gasteiger partial charge in [-0.1, -0.05) is 36.4 Å². The van der Waals surface area contributed by atoms with Crippen molar-refractivity contribution >= 4 is 8.60 Å². The van der Waals surface area contributed by atoms with Crippen LogP contribution in [0.3, 0.4) is 0 Å². The molecule has 3 nitrogen and oxygen atoms in total. The SMILES string of the molecule is FC(F)(F)C(F)(F)C(F)(F)C(F)(F)C(F)(F)C(F)(F)C(F)(F)C(F)(F)CCc1ccc(OP(Oc2ccc(CCC(F)(F)C(F)(F)C(F)(F)C(F)(F)C(F)(F)C(F)(F)C(F)(F)C(F)(F)F)cc2)Oc2ccc(CCC(F)(F)C(F)(F)C(F)(F)C(F)(F)C(F)(F)C(F)(F)C(F)(F)C(F)(F)F)cc2)cc1. The van der Waals surface area contributed by atoms with E-state index in [0.29, 0.717) is 36.4 Å². The normalized spacial score (nSPS) is 15.8. The van der Waals surface area contributed by atoms with Gasteiger partial charge in [-0.05, 0) is 72.4 Å². The van der Waals surface area contributed by atoms with Gasteiger partial charge in [-0.3, -0.25) is 0 Å². The Bertz CT molecular complexity index is 3010. The van der Waals surface area contributed by atoms with E-state index < -0.39 is 224 Å². The van der Waals surface area contributed by atoms with Gasteiger partial charge in [0, 0.05) is 19.3 Å². The van der Waals surface area contributed by atoms with Crippen LogP contribution < -0.4 is 13.6 Å². The van der Waals surface area contributed by atoms with Gasteiger partial charge in [0.05, 0.1) is 0 Å². The van der Waals surface area contributed by atoms with Crippen LogP contribution in [0.15, 0.2) is 72.8 Å². The monoisotopic (exact) mass is 1650 g/mol. The lowest BCUT2D eigenvalue weighted by molar-refractivity contribution is -0.461. The Morgan fingerprint density at radius 3 is 0.437 bits per heavy atom. The van der Waals surface area contributed by atoms with Crippen LogP contribution in [0.1, 0.15) is 36.0 Å². The molecule has 55 heteroatoms. The molecule has 3 aromatic rings. The quantitative estimate of drug-likeness (QED) is 0.0449. The molecule has 0 aliphatic heterocycles. The second kappa shape index (κ2) is 26.7. The van der Waals surface area contributed by atoms with Crippen molar-refractivity contribution in [2.75, 3.05) is 0 Å². The molecule has 0 fully saturated rings. The second-order valence-corrected chi connectivity index (χ2v) is 21.9. The standard InChI is InChI=1S/C48H24F51O3P/c49-25(50,28(55,56)31(61,62)34(67,68)37(73,74)40(79,80)43(85,86)46(91,92)93)16-13-19-1-7-22(8-2-19)100-103(101-23-9-3-20(4-10-23)14-17-26(51,52)29(57,58)32(63,64)35(69,70)38(75,76)41(81,82)44(87,88)47(94,95)96)102-24-11-5-21(6-12-24)15-18-27(53,54)30(59,60)33(65,66)36(71,72)39(77,78)42(83,84)45(89,90)48(97,98)99/h1-12H,13-18H2. The van der Waals surface area contributed by atoms with Crippen molar-refractivity contribution in [2.24, 2.45) is 0 Å². The Balaban J connectivity index is 2.05. The van der Waals surface area contributed by atoms with Crippen molar-refractivity contribution in [1.82, 2.24) is 0 Å². The minimum absolute atomic E-state index is 0.244. The lowest BCUT2D eigenvalue weighted by Crippen LogP contribution is -2.74. The molecule has 0 radical (unpaired) electrons. The Morgan fingerprint density at radius 1 is 0.175 bits per heavy atom. The third kappa shape index (κ3) is 14.3. The summed E-state index contributed by atoms with van der Waals surface area (Å²) in [5.74, 6) is -181. The van der Waals surface area contributed by atoms with Crippen molar-refractivity contribution in [3.05, 3.63) is 89.5 Å². The summed E-state index contributed by atoms with van der Waals surface area (Å²) in [6.07, 6.45) is -39.5. The van der Waals surface area contributed by atoms with Gasteiger partial charge in [-0.2, -0.15) is 224 Å². The van der Waals surface area contributed by atoms with Gasteiger partial charge in [-0.25, -0.2) is 0 Å². The summed E-state index contributed by atoms with van der Waals surface area (Å²) in [5.41, 5.74) is -3.14. The zero-order chi connectivity index (χ0) is 81.9. The topological polar surface area (TPSA) is 27.7 Å². The van der Waals surface area contributed by atoms with Crippen LogP contribution in [0.5, 0.6) is 17.2 Å². The Hall–Kier alpha value is -6.08. The molecule has 0 aliphatic rings. The Labute approximate surface area is 534 Å². The first kappa shape index (κ1) is 91.1. The first-order valence-corrected chi connectivity index (χ1v) is 26.2. The number of aryl methyl sites for hydroxylation is 3. The summed E-state index contributed by atoms with van der Waals surface area (Å²) in [7, 11) is -3.71. The van der Waals surface area contributed by atoms with Crippen molar-refractivity contribution in [1.29, 1.82) is 0 Å². The largest absolute Gasteiger partial charge is 0.530 e. The summed E-state index contributed by atoms with van der Waals surface area (Å²) in [6.45, 7) is 0. The third-order valence-electron chi connectivity index (χ3n) is 13.9. The molecule has 596 valence electrons. The van der Waals surface area contributed by atoms with Gasteiger partial charge >= 0.3 is 152 Å². The average molecular weight is 1650 g/mol. The molecule has 0 spiro atoms. The molecule has 0 bridgehead atoms. The fourth-order valence-corrected chi connectivity index (χ4v) is 8.42. The van der Waals surface area contributed by atoms with Crippen LogP contribution in [-0.4, -0.2) is 143 Å². The molecular formula is C48H24F51O3P. The number of hydrogen-bond acceptors (Lipinski definition) is 3. The first-order valence-electron chi connectivity index (χ1n) is 25.1. The molecule has 0 aromatic heterocycles. The van der Waals surface area contributed by atoms with Gasteiger partial charge in [0.15, 0.2) is 0 Å². The maximum absolute atomic E-state index is 14.6. The van der Waals surface area contributed by atoms with E-state index >= 15 is 0 Å². The van der Waals surface area contributed by atoms with Gasteiger partial charge in [0.25, 0.3) is 0 Å². The van der Waals surface area contributed by atoms with Crippen molar-refractivity contribution in [3.8, 4) is 17.2 Å². The number of benzene rings is 3. The summed E-state index contributed by atoms with van der Waals surface area (Å²) in [4.78, 5) is 0. The number of alkyl halides is 51. The molecule has 103 heavy (non-hydrogen) atoms. The lowest BCUT2D eigenvalue weighted by atomic mass is 9.87. The van der Waals surface area contributed by atoms with E-state index in [-0.39, 0.29) is 36.4 Å². The van der Waals surface area contributed by atoms with E-state index in [1.54, 1.807) is 0 Å². The maximum atomic E-state index is 14.6. The van der Waals surface area contributed by atoms with E-state index in [1.807, 2.05) is 0 Å². The summed E-state index contributed by atoms with van der Waals surface area (Å²) in [6, 6.07) is 3.25. The molecule has 0 N–H and O–H groups in total. The highest BCUT2D eigenvalue weighted by Crippen LogP contribution is 2.69. The molecule has 0 aliphatic carbocycles. The van der Waals surface area contributed by atoms with Crippen LogP contribution in [-0.2, 0) is 19.3 Å². The average Bonchev–Trinajstić information content (AvgIpc) is 0.707. The van der Waals surface area contributed by atoms with Crippen LogP contribution in [0.4, 0.5) is 224 Å². The molecule has 0 heterocycles. The van der Waals surface area contributed by atoms with Gasteiger partial charge in [0.2, 0.25) is 0 Å². The fourth-order valence-electron chi connectivity index (χ4n) is 7.43. The summed E-state index contributed by atoms with van der Waals surface area (Å²) >= 11 is 0. The predicted molar refractivity (Wildman–Crippen MR) is 235 cm³/mol. The van der Waals surface area contributed by atoms with E-state index in [4.69, 9.17) is 13.6 Å². The zero-order valence-electron chi connectivity index (χ0n) is 47.1. The maximum Gasteiger partial charge on any atom is 0.530 e. The fraction of sp³-hybridized carbons (Fsp3) is 0.625. The van der Waals surface area contributed by atoms with Gasteiger partial charge in [0.1, 0.15) is 17.2 Å². The number of halogens is 51. The van der Waals surface area contributed by atoms with Gasteiger partial charge in [-0.15, -0.1) is 0 Å². The molecule has 3 rings (SSSR count). The smallest absolute Gasteiger partial charge is 0.409 e. The van der Waals surface area contributed by atoms with Crippen LogP contribution in [0.25, 0.3) is 0 Å². The third-order valence-corrected chi connectivity index (χ3v) is 14.9. The highest BCUT2D eigenvalue weighted by Gasteiger charge is 2.98. The van der Waals surface area contributed by atoms with E-state index in [2.05, 4.69) is 0 Å².